The lowest BCUT2D eigenvalue weighted by atomic mass is 10.1. The van der Waals surface area contributed by atoms with Crippen LogP contribution in [0.15, 0.2) is 36.2 Å². The van der Waals surface area contributed by atoms with Crippen LogP contribution in [0.3, 0.4) is 0 Å². The fraction of sp³-hybridized carbons (Fsp3) is 0.273. The molecule has 84 valence electrons. The van der Waals surface area contributed by atoms with Crippen LogP contribution >= 0.6 is 12.4 Å². The van der Waals surface area contributed by atoms with Crippen molar-refractivity contribution in [2.45, 2.75) is 6.42 Å². The van der Waals surface area contributed by atoms with E-state index in [9.17, 15) is 4.39 Å². The van der Waals surface area contributed by atoms with E-state index in [2.05, 4.69) is 0 Å². The molecule has 0 spiro atoms. The number of ether oxygens (including phenoxy) is 1. The molecule has 2 nitrogen and oxygen atoms in total. The number of rotatable bonds is 4. The van der Waals surface area contributed by atoms with E-state index in [0.29, 0.717) is 18.3 Å². The lowest BCUT2D eigenvalue weighted by Crippen LogP contribution is -2.05. The first-order valence-electron chi connectivity index (χ1n) is 4.41. The fourth-order valence-electron chi connectivity index (χ4n) is 1.20. The predicted molar refractivity (Wildman–Crippen MR) is 62.2 cm³/mol. The van der Waals surface area contributed by atoms with Crippen molar-refractivity contribution in [1.82, 2.24) is 0 Å². The van der Waals surface area contributed by atoms with Crippen LogP contribution in [0.4, 0.5) is 4.39 Å². The van der Waals surface area contributed by atoms with Crippen molar-refractivity contribution < 1.29 is 9.13 Å². The summed E-state index contributed by atoms with van der Waals surface area (Å²) in [7, 11) is 1.61. The Kier molecular flexibility index (Phi) is 6.75. The van der Waals surface area contributed by atoms with E-state index in [1.54, 1.807) is 7.11 Å². The second-order valence-corrected chi connectivity index (χ2v) is 3.00. The molecule has 0 aliphatic heterocycles. The van der Waals surface area contributed by atoms with E-state index in [4.69, 9.17) is 10.5 Å². The van der Waals surface area contributed by atoms with Gasteiger partial charge in [0.1, 0.15) is 5.75 Å². The van der Waals surface area contributed by atoms with Crippen LogP contribution in [0.1, 0.15) is 5.56 Å². The molecule has 0 atom stereocenters. The maximum absolute atomic E-state index is 12.3. The van der Waals surface area contributed by atoms with Gasteiger partial charge in [0.05, 0.1) is 13.4 Å². The zero-order valence-corrected chi connectivity index (χ0v) is 9.39. The Morgan fingerprint density at radius 2 is 2.27 bits per heavy atom. The molecule has 0 fully saturated rings. The van der Waals surface area contributed by atoms with Gasteiger partial charge in [0.2, 0.25) is 0 Å². The van der Waals surface area contributed by atoms with Crippen LogP contribution < -0.4 is 10.5 Å². The number of benzene rings is 1. The van der Waals surface area contributed by atoms with Crippen molar-refractivity contribution in [3.63, 3.8) is 0 Å². The molecule has 2 N–H and O–H groups in total. The second-order valence-electron chi connectivity index (χ2n) is 3.00. The van der Waals surface area contributed by atoms with Gasteiger partial charge in [-0.1, -0.05) is 12.1 Å². The average Bonchev–Trinajstić information content (AvgIpc) is 2.26. The van der Waals surface area contributed by atoms with E-state index in [0.717, 1.165) is 11.3 Å². The number of hydrogen-bond donors (Lipinski definition) is 1. The molecule has 15 heavy (non-hydrogen) atoms. The summed E-state index contributed by atoms with van der Waals surface area (Å²) in [5.74, 6) is 0.776. The zero-order chi connectivity index (χ0) is 10.4. The third-order valence-electron chi connectivity index (χ3n) is 1.98. The van der Waals surface area contributed by atoms with Crippen LogP contribution in [0.2, 0.25) is 0 Å². The van der Waals surface area contributed by atoms with E-state index < -0.39 is 0 Å². The van der Waals surface area contributed by atoms with Gasteiger partial charge < -0.3 is 10.5 Å². The zero-order valence-electron chi connectivity index (χ0n) is 8.57. The molecule has 1 aromatic carbocycles. The Balaban J connectivity index is 0.00000196. The topological polar surface area (TPSA) is 35.2 Å². The molecule has 0 aromatic heterocycles. The number of methoxy groups -OCH3 is 1. The largest absolute Gasteiger partial charge is 0.497 e. The van der Waals surface area contributed by atoms with Crippen LogP contribution in [-0.2, 0) is 6.42 Å². The highest BCUT2D eigenvalue weighted by Gasteiger charge is 1.99. The molecule has 0 radical (unpaired) electrons. The Labute approximate surface area is 95.3 Å². The molecular formula is C11H15ClFNO. The van der Waals surface area contributed by atoms with Gasteiger partial charge in [-0.05, 0) is 29.7 Å². The van der Waals surface area contributed by atoms with E-state index in [1.807, 2.05) is 24.3 Å². The smallest absolute Gasteiger partial charge is 0.119 e. The van der Waals surface area contributed by atoms with E-state index in [-0.39, 0.29) is 19.0 Å². The average molecular weight is 232 g/mol. The number of nitrogens with two attached hydrogens (primary N) is 1. The normalized spacial score (nSPS) is 10.7. The van der Waals surface area contributed by atoms with Crippen molar-refractivity contribution in [3.8, 4) is 5.75 Å². The first-order chi connectivity index (χ1) is 6.80. The molecule has 0 aliphatic rings. The summed E-state index contributed by atoms with van der Waals surface area (Å²) in [5, 5.41) is 0. The summed E-state index contributed by atoms with van der Waals surface area (Å²) < 4.78 is 17.3. The molecule has 1 rings (SSSR count). The lowest BCUT2D eigenvalue weighted by Gasteiger charge is -2.05. The van der Waals surface area contributed by atoms with Gasteiger partial charge in [-0.15, -0.1) is 12.4 Å². The van der Waals surface area contributed by atoms with E-state index in [1.165, 1.54) is 0 Å². The minimum absolute atomic E-state index is 0. The number of hydrogen-bond acceptors (Lipinski definition) is 2. The van der Waals surface area contributed by atoms with Crippen molar-refractivity contribution in [2.75, 3.05) is 13.7 Å². The van der Waals surface area contributed by atoms with Crippen LogP contribution in [0.25, 0.3) is 0 Å². The van der Waals surface area contributed by atoms with Gasteiger partial charge in [-0.25, -0.2) is 4.39 Å². The highest BCUT2D eigenvalue weighted by molar-refractivity contribution is 5.85. The Morgan fingerprint density at radius 1 is 1.53 bits per heavy atom. The highest BCUT2D eigenvalue weighted by Crippen LogP contribution is 2.15. The van der Waals surface area contributed by atoms with Gasteiger partial charge in [0.25, 0.3) is 0 Å². The molecule has 0 unspecified atom stereocenters. The van der Waals surface area contributed by atoms with Crippen molar-refractivity contribution in [3.05, 3.63) is 41.7 Å². The standard InChI is InChI=1S/C11H14FNO.ClH/c1-14-11-4-2-3-9(6-11)5-10(7-12)8-13;/h2-4,6-7H,5,8,13H2,1H3;1H/b10-7-;. The van der Waals surface area contributed by atoms with Crippen LogP contribution in [0.5, 0.6) is 5.75 Å². The monoisotopic (exact) mass is 231 g/mol. The summed E-state index contributed by atoms with van der Waals surface area (Å²) in [6, 6.07) is 7.52. The first-order valence-corrected chi connectivity index (χ1v) is 4.41. The van der Waals surface area contributed by atoms with Crippen LogP contribution in [-0.4, -0.2) is 13.7 Å². The molecule has 0 heterocycles. The fourth-order valence-corrected chi connectivity index (χ4v) is 1.20. The molecule has 0 amide bonds. The van der Waals surface area contributed by atoms with Crippen LogP contribution in [0, 0.1) is 0 Å². The maximum atomic E-state index is 12.3. The quantitative estimate of drug-likeness (QED) is 0.864. The predicted octanol–water partition coefficient (Wildman–Crippen LogP) is 2.47. The van der Waals surface area contributed by atoms with Gasteiger partial charge >= 0.3 is 0 Å². The van der Waals surface area contributed by atoms with Crippen molar-refractivity contribution >= 4 is 12.4 Å². The molecule has 0 bridgehead atoms. The summed E-state index contributed by atoms with van der Waals surface area (Å²) in [4.78, 5) is 0. The minimum Gasteiger partial charge on any atom is -0.497 e. The second kappa shape index (κ2) is 7.26. The SMILES string of the molecule is COc1cccc(C/C(=C/F)CN)c1.Cl. The summed E-state index contributed by atoms with van der Waals surface area (Å²) in [6.45, 7) is 0.244. The maximum Gasteiger partial charge on any atom is 0.119 e. The Morgan fingerprint density at radius 3 is 2.80 bits per heavy atom. The summed E-state index contributed by atoms with van der Waals surface area (Å²) in [5.41, 5.74) is 6.94. The molecular weight excluding hydrogens is 217 g/mol. The summed E-state index contributed by atoms with van der Waals surface area (Å²) >= 11 is 0. The van der Waals surface area contributed by atoms with E-state index >= 15 is 0 Å². The summed E-state index contributed by atoms with van der Waals surface area (Å²) in [6.07, 6.45) is 1.10. The highest BCUT2D eigenvalue weighted by atomic mass is 35.5. The van der Waals surface area contributed by atoms with Gasteiger partial charge in [-0.2, -0.15) is 0 Å². The third kappa shape index (κ3) is 4.32. The molecule has 0 saturated heterocycles. The van der Waals surface area contributed by atoms with Crippen molar-refractivity contribution in [1.29, 1.82) is 0 Å². The van der Waals surface area contributed by atoms with Gasteiger partial charge in [0, 0.05) is 6.54 Å². The Bertz CT molecular complexity index is 328. The van der Waals surface area contributed by atoms with Gasteiger partial charge in [0.15, 0.2) is 0 Å². The molecule has 4 heteroatoms. The van der Waals surface area contributed by atoms with Crippen molar-refractivity contribution in [2.24, 2.45) is 5.73 Å². The lowest BCUT2D eigenvalue weighted by molar-refractivity contribution is 0.414. The van der Waals surface area contributed by atoms with Gasteiger partial charge in [-0.3, -0.25) is 0 Å². The first kappa shape index (κ1) is 13.9. The molecule has 0 aliphatic carbocycles. The molecule has 0 saturated carbocycles. The molecule has 1 aromatic rings. The number of halogens is 2. The third-order valence-corrected chi connectivity index (χ3v) is 1.98. The Hall–Kier alpha value is -1.06. The minimum atomic E-state index is 0.